The molecule has 3 heterocycles. The second-order valence-electron chi connectivity index (χ2n) is 7.69. The molecule has 0 saturated carbocycles. The molecule has 0 aliphatic carbocycles. The Morgan fingerprint density at radius 3 is 2.65 bits per heavy atom. The molecule has 3 aromatic heterocycles. The molecule has 0 aliphatic heterocycles. The van der Waals surface area contributed by atoms with Crippen LogP contribution in [-0.2, 0) is 0 Å². The molecular weight excluding hydrogens is 437 g/mol. The second-order valence-corrected chi connectivity index (χ2v) is 7.69. The van der Waals surface area contributed by atoms with Gasteiger partial charge >= 0.3 is 0 Å². The molecule has 4 rings (SSSR count). The van der Waals surface area contributed by atoms with Gasteiger partial charge in [-0.25, -0.2) is 9.07 Å². The molecule has 0 bridgehead atoms. The number of carbonyl (C=O) groups is 2. The van der Waals surface area contributed by atoms with Crippen molar-refractivity contribution in [3.63, 3.8) is 0 Å². The number of carbonyl (C=O) groups excluding carboxylic acids is 2. The zero-order valence-corrected chi connectivity index (χ0v) is 18.6. The number of rotatable bonds is 7. The predicted molar refractivity (Wildman–Crippen MR) is 123 cm³/mol. The summed E-state index contributed by atoms with van der Waals surface area (Å²) in [5.74, 6) is -1.05. The van der Waals surface area contributed by atoms with E-state index in [1.165, 1.54) is 18.3 Å². The highest BCUT2D eigenvalue weighted by Crippen LogP contribution is 2.24. The number of nitriles is 1. The third-order valence-electron chi connectivity index (χ3n) is 5.51. The lowest BCUT2D eigenvalue weighted by molar-refractivity contribution is 0.0934. The quantitative estimate of drug-likeness (QED) is 0.365. The minimum Gasteiger partial charge on any atom is -0.360 e. The van der Waals surface area contributed by atoms with Gasteiger partial charge in [0.1, 0.15) is 12.4 Å². The Balaban J connectivity index is 1.60. The van der Waals surface area contributed by atoms with Gasteiger partial charge in [-0.3, -0.25) is 14.6 Å². The molecule has 10 heteroatoms. The van der Waals surface area contributed by atoms with Crippen molar-refractivity contribution in [2.45, 2.75) is 26.3 Å². The maximum Gasteiger partial charge on any atom is 0.254 e. The van der Waals surface area contributed by atoms with Crippen LogP contribution in [0, 0.1) is 24.1 Å². The largest absolute Gasteiger partial charge is 0.360 e. The van der Waals surface area contributed by atoms with Gasteiger partial charge in [-0.15, -0.1) is 0 Å². The normalized spacial score (nSPS) is 11.7. The van der Waals surface area contributed by atoms with Crippen LogP contribution in [-0.4, -0.2) is 38.1 Å². The third-order valence-corrected chi connectivity index (χ3v) is 5.51. The lowest BCUT2D eigenvalue weighted by Gasteiger charge is -2.16. The van der Waals surface area contributed by atoms with Crippen LogP contribution < -0.4 is 10.6 Å². The van der Waals surface area contributed by atoms with Crippen LogP contribution in [0.3, 0.4) is 0 Å². The average molecular weight is 459 g/mol. The van der Waals surface area contributed by atoms with Crippen molar-refractivity contribution in [1.29, 1.82) is 5.26 Å². The summed E-state index contributed by atoms with van der Waals surface area (Å²) < 4.78 is 14.9. The van der Waals surface area contributed by atoms with Crippen LogP contribution >= 0.6 is 0 Å². The number of nitrogens with zero attached hydrogens (tertiary/aromatic N) is 4. The second kappa shape index (κ2) is 9.54. The van der Waals surface area contributed by atoms with E-state index < -0.39 is 0 Å². The fourth-order valence-corrected chi connectivity index (χ4v) is 3.77. The highest BCUT2D eigenvalue weighted by atomic mass is 19.1. The van der Waals surface area contributed by atoms with Crippen molar-refractivity contribution in [2.24, 2.45) is 0 Å². The summed E-state index contributed by atoms with van der Waals surface area (Å²) in [6.45, 7) is 3.59. The van der Waals surface area contributed by atoms with Crippen molar-refractivity contribution >= 4 is 22.7 Å². The number of aryl methyl sites for hydroxylation is 1. The molecule has 1 atom stereocenters. The molecule has 1 unspecified atom stereocenters. The lowest BCUT2D eigenvalue weighted by atomic mass is 10.1. The summed E-state index contributed by atoms with van der Waals surface area (Å²) in [6.07, 6.45) is 5.22. The van der Waals surface area contributed by atoms with Crippen LogP contribution in [0.15, 0.2) is 48.9 Å². The Kier molecular flexibility index (Phi) is 6.36. The average Bonchev–Trinajstić information content (AvgIpc) is 3.45. The summed E-state index contributed by atoms with van der Waals surface area (Å²) in [5.41, 5.74) is 3.34. The number of aromatic nitrogens is 4. The Bertz CT molecular complexity index is 1400. The van der Waals surface area contributed by atoms with Crippen molar-refractivity contribution in [3.8, 4) is 11.8 Å². The van der Waals surface area contributed by atoms with E-state index in [0.29, 0.717) is 45.5 Å². The number of halogens is 1. The van der Waals surface area contributed by atoms with Crippen molar-refractivity contribution in [3.05, 3.63) is 77.3 Å². The molecule has 2 amide bonds. The van der Waals surface area contributed by atoms with Gasteiger partial charge in [0.2, 0.25) is 0 Å². The molecule has 4 aromatic rings. The number of benzene rings is 1. The summed E-state index contributed by atoms with van der Waals surface area (Å²) in [4.78, 5) is 32.8. The van der Waals surface area contributed by atoms with Gasteiger partial charge in [-0.05, 0) is 43.7 Å². The zero-order chi connectivity index (χ0) is 24.2. The fourth-order valence-electron chi connectivity index (χ4n) is 3.77. The minimum atomic E-state index is -0.383. The number of aromatic amines is 1. The number of pyridine rings is 1. The number of amides is 2. The smallest absolute Gasteiger partial charge is 0.254 e. The summed E-state index contributed by atoms with van der Waals surface area (Å²) >= 11 is 0. The van der Waals surface area contributed by atoms with Gasteiger partial charge < -0.3 is 15.6 Å². The molecule has 172 valence electrons. The van der Waals surface area contributed by atoms with Gasteiger partial charge in [-0.1, -0.05) is 6.92 Å². The van der Waals surface area contributed by atoms with E-state index in [0.717, 1.165) is 0 Å². The highest BCUT2D eigenvalue weighted by Gasteiger charge is 2.22. The number of fused-ring (bicyclic) bond motifs is 1. The maximum atomic E-state index is 13.3. The Morgan fingerprint density at radius 1 is 1.18 bits per heavy atom. The van der Waals surface area contributed by atoms with Crippen molar-refractivity contribution < 1.29 is 14.0 Å². The van der Waals surface area contributed by atoms with Gasteiger partial charge in [0, 0.05) is 23.0 Å². The molecule has 0 aliphatic rings. The van der Waals surface area contributed by atoms with Crippen LogP contribution in [0.25, 0.3) is 16.6 Å². The van der Waals surface area contributed by atoms with E-state index >= 15 is 0 Å². The predicted octanol–water partition coefficient (Wildman–Crippen LogP) is 3.33. The van der Waals surface area contributed by atoms with E-state index in [2.05, 4.69) is 25.7 Å². The first-order valence-electron chi connectivity index (χ1n) is 10.7. The lowest BCUT2D eigenvalue weighted by Crippen LogP contribution is -2.28. The molecule has 0 radical (unpaired) electrons. The van der Waals surface area contributed by atoms with E-state index in [9.17, 15) is 14.0 Å². The van der Waals surface area contributed by atoms with Gasteiger partial charge in [0.05, 0.1) is 46.8 Å². The first kappa shape index (κ1) is 22.7. The molecule has 0 fully saturated rings. The third kappa shape index (κ3) is 4.36. The fraction of sp³-hybridized carbons (Fsp3) is 0.208. The maximum absolute atomic E-state index is 13.3. The highest BCUT2D eigenvalue weighted by molar-refractivity contribution is 6.06. The van der Waals surface area contributed by atoms with E-state index in [4.69, 9.17) is 5.26 Å². The van der Waals surface area contributed by atoms with Crippen LogP contribution in [0.1, 0.15) is 51.5 Å². The zero-order valence-electron chi connectivity index (χ0n) is 18.6. The van der Waals surface area contributed by atoms with Crippen LogP contribution in [0.4, 0.5) is 4.39 Å². The molecule has 3 N–H and O–H groups in total. The van der Waals surface area contributed by atoms with Crippen molar-refractivity contribution in [2.75, 3.05) is 6.54 Å². The number of hydrogen-bond donors (Lipinski definition) is 3. The summed E-state index contributed by atoms with van der Waals surface area (Å²) in [5, 5.41) is 19.1. The molecule has 0 spiro atoms. The van der Waals surface area contributed by atoms with Crippen molar-refractivity contribution in [1.82, 2.24) is 30.4 Å². The van der Waals surface area contributed by atoms with Gasteiger partial charge in [0.15, 0.2) is 0 Å². The number of hydrogen-bond acceptors (Lipinski definition) is 5. The Labute approximate surface area is 194 Å². The minimum absolute atomic E-state index is 0.0880. The SMILES string of the molecule is CCC(NC(=O)c1cncc2c1cnn2-c1ccc(F)cc1)c1cc(C(=O)NCC#N)c(C)[nH]1. The molecular formula is C24H22FN7O2. The monoisotopic (exact) mass is 459 g/mol. The first-order chi connectivity index (χ1) is 16.4. The van der Waals surface area contributed by atoms with Crippen LogP contribution in [0.2, 0.25) is 0 Å². The molecule has 34 heavy (non-hydrogen) atoms. The Morgan fingerprint density at radius 2 is 1.94 bits per heavy atom. The summed E-state index contributed by atoms with van der Waals surface area (Å²) in [6, 6.07) is 9.04. The van der Waals surface area contributed by atoms with Gasteiger partial charge in [0.25, 0.3) is 11.8 Å². The number of nitrogens with one attached hydrogen (secondary N) is 3. The first-order valence-corrected chi connectivity index (χ1v) is 10.7. The molecule has 0 saturated heterocycles. The summed E-state index contributed by atoms with van der Waals surface area (Å²) in [7, 11) is 0. The molecule has 9 nitrogen and oxygen atoms in total. The van der Waals surface area contributed by atoms with Crippen LogP contribution in [0.5, 0.6) is 0 Å². The topological polar surface area (TPSA) is 128 Å². The Hall–Kier alpha value is -4.52. The molecule has 1 aromatic carbocycles. The number of H-pyrrole nitrogens is 1. The van der Waals surface area contributed by atoms with E-state index in [1.807, 2.05) is 13.0 Å². The van der Waals surface area contributed by atoms with E-state index in [-0.39, 0.29) is 30.2 Å². The standard InChI is InChI=1S/C24H22FN7O2/c1-3-20(21-10-17(14(2)30-21)23(33)28-9-8-26)31-24(34)19-11-27-13-22-18(19)12-29-32(22)16-6-4-15(25)5-7-16/h4-7,10-13,20,30H,3,9H2,1-2H3,(H,28,33)(H,31,34). The van der Waals surface area contributed by atoms with E-state index in [1.54, 1.807) is 42.2 Å². The van der Waals surface area contributed by atoms with Gasteiger partial charge in [-0.2, -0.15) is 10.4 Å².